The maximum Gasteiger partial charge on any atom is 0.278 e. The number of likely N-dealkylation sites (tertiary alicyclic amines) is 1. The molecule has 0 unspecified atom stereocenters. The van der Waals surface area contributed by atoms with Gasteiger partial charge < -0.3 is 14.7 Å². The standard InChI is InChI=1S/C34H37N3O4/c1-2-3-22-41-29-24-36(23-25-14-7-4-8-15-25)35-31(33(29)39)34(40)37-21-13-20-28(37)32(38)30(26-16-9-5-10-17-26)27-18-11-6-12-19-27/h4-12,14-19,24,28,30,32,38H,2-3,13,20-23H2,1H3/t28-,32+/m1/s1. The Morgan fingerprint density at radius 3 is 2.20 bits per heavy atom. The highest BCUT2D eigenvalue weighted by Crippen LogP contribution is 2.34. The first-order chi connectivity index (χ1) is 20.1. The lowest BCUT2D eigenvalue weighted by Gasteiger charge is -2.34. The summed E-state index contributed by atoms with van der Waals surface area (Å²) in [5.74, 6) is -0.683. The quantitative estimate of drug-likeness (QED) is 0.257. The molecule has 212 valence electrons. The van der Waals surface area contributed by atoms with Crippen molar-refractivity contribution in [2.24, 2.45) is 0 Å². The molecule has 1 N–H and O–H groups in total. The summed E-state index contributed by atoms with van der Waals surface area (Å²) in [5.41, 5.74) is 2.24. The number of carbonyl (C=O) groups is 1. The van der Waals surface area contributed by atoms with Crippen LogP contribution in [0.15, 0.2) is 102 Å². The van der Waals surface area contributed by atoms with Gasteiger partial charge in [0.25, 0.3) is 11.3 Å². The molecule has 41 heavy (non-hydrogen) atoms. The van der Waals surface area contributed by atoms with E-state index in [1.54, 1.807) is 15.8 Å². The lowest BCUT2D eigenvalue weighted by Crippen LogP contribution is -2.47. The van der Waals surface area contributed by atoms with Crippen LogP contribution in [0.3, 0.4) is 0 Å². The second-order valence-corrected chi connectivity index (χ2v) is 10.6. The molecule has 1 aliphatic heterocycles. The molecular weight excluding hydrogens is 514 g/mol. The van der Waals surface area contributed by atoms with Crippen LogP contribution in [0.25, 0.3) is 0 Å². The second-order valence-electron chi connectivity index (χ2n) is 10.6. The fraction of sp³-hybridized carbons (Fsp3) is 0.324. The minimum atomic E-state index is -0.873. The molecule has 3 aromatic carbocycles. The van der Waals surface area contributed by atoms with Crippen LogP contribution >= 0.6 is 0 Å². The average molecular weight is 552 g/mol. The molecule has 2 heterocycles. The van der Waals surface area contributed by atoms with E-state index in [1.807, 2.05) is 91.0 Å². The Bertz CT molecular complexity index is 1440. The van der Waals surface area contributed by atoms with E-state index in [9.17, 15) is 14.7 Å². The predicted molar refractivity (Wildman–Crippen MR) is 159 cm³/mol. The summed E-state index contributed by atoms with van der Waals surface area (Å²) in [6.07, 6.45) is 3.79. The van der Waals surface area contributed by atoms with E-state index < -0.39 is 23.5 Å². The normalized spacial score (nSPS) is 15.7. The number of rotatable bonds is 11. The van der Waals surface area contributed by atoms with Crippen molar-refractivity contribution in [3.8, 4) is 5.75 Å². The van der Waals surface area contributed by atoms with Crippen LogP contribution in [0.2, 0.25) is 0 Å². The van der Waals surface area contributed by atoms with Crippen LogP contribution in [-0.4, -0.2) is 51.0 Å². The SMILES string of the molecule is CCCCOc1cn(Cc2ccccc2)nc(C(=O)N2CCC[C@@H]2[C@H](O)C(c2ccccc2)c2ccccc2)c1=O. The maximum absolute atomic E-state index is 14.0. The first-order valence-corrected chi connectivity index (χ1v) is 14.4. The van der Waals surface area contributed by atoms with Crippen LogP contribution in [0.5, 0.6) is 5.75 Å². The van der Waals surface area contributed by atoms with Crippen molar-refractivity contribution in [2.75, 3.05) is 13.2 Å². The number of hydrogen-bond donors (Lipinski definition) is 1. The van der Waals surface area contributed by atoms with Gasteiger partial charge in [0, 0.05) is 12.5 Å². The van der Waals surface area contributed by atoms with E-state index in [2.05, 4.69) is 12.0 Å². The maximum atomic E-state index is 14.0. The van der Waals surface area contributed by atoms with Crippen LogP contribution in [0.1, 0.15) is 65.7 Å². The summed E-state index contributed by atoms with van der Waals surface area (Å²) in [6, 6.07) is 29.0. The third-order valence-electron chi connectivity index (χ3n) is 7.69. The Balaban J connectivity index is 1.48. The Kier molecular flexibility index (Phi) is 9.26. The van der Waals surface area contributed by atoms with Gasteiger partial charge in [-0.25, -0.2) is 0 Å². The van der Waals surface area contributed by atoms with Crippen molar-refractivity contribution in [1.29, 1.82) is 0 Å². The summed E-state index contributed by atoms with van der Waals surface area (Å²) >= 11 is 0. The van der Waals surface area contributed by atoms with Crippen LogP contribution in [0, 0.1) is 0 Å². The average Bonchev–Trinajstić information content (AvgIpc) is 3.50. The minimum absolute atomic E-state index is 0.121. The molecule has 0 radical (unpaired) electrons. The molecule has 1 fully saturated rings. The number of aliphatic hydroxyl groups is 1. The molecule has 0 bridgehead atoms. The molecule has 2 atom stereocenters. The molecule has 7 heteroatoms. The Labute approximate surface area is 241 Å². The third-order valence-corrected chi connectivity index (χ3v) is 7.69. The van der Waals surface area contributed by atoms with Gasteiger partial charge in [0.2, 0.25) is 0 Å². The van der Waals surface area contributed by atoms with E-state index in [1.165, 1.54) is 0 Å². The summed E-state index contributed by atoms with van der Waals surface area (Å²) in [6.45, 7) is 3.27. The molecule has 1 aliphatic rings. The second kappa shape index (κ2) is 13.4. The molecule has 0 aliphatic carbocycles. The number of amides is 1. The van der Waals surface area contributed by atoms with Crippen molar-refractivity contribution >= 4 is 5.91 Å². The summed E-state index contributed by atoms with van der Waals surface area (Å²) in [5, 5.41) is 16.4. The molecular formula is C34H37N3O4. The smallest absolute Gasteiger partial charge is 0.278 e. The van der Waals surface area contributed by atoms with Crippen molar-refractivity contribution in [3.05, 3.63) is 130 Å². The van der Waals surface area contributed by atoms with Crippen molar-refractivity contribution in [1.82, 2.24) is 14.7 Å². The number of unbranched alkanes of at least 4 members (excludes halogenated alkanes) is 1. The highest BCUT2D eigenvalue weighted by atomic mass is 16.5. The topological polar surface area (TPSA) is 84.7 Å². The number of benzene rings is 3. The number of hydrogen-bond acceptors (Lipinski definition) is 5. The minimum Gasteiger partial charge on any atom is -0.488 e. The Hall–Kier alpha value is -4.23. The zero-order valence-electron chi connectivity index (χ0n) is 23.4. The summed E-state index contributed by atoms with van der Waals surface area (Å²) < 4.78 is 7.44. The lowest BCUT2D eigenvalue weighted by atomic mass is 9.83. The predicted octanol–water partition coefficient (Wildman–Crippen LogP) is 5.27. The lowest BCUT2D eigenvalue weighted by molar-refractivity contribution is 0.0429. The molecule has 0 spiro atoms. The van der Waals surface area contributed by atoms with E-state index in [-0.39, 0.29) is 17.4 Å². The van der Waals surface area contributed by atoms with Gasteiger partial charge >= 0.3 is 0 Å². The van der Waals surface area contributed by atoms with Crippen molar-refractivity contribution in [3.63, 3.8) is 0 Å². The van der Waals surface area contributed by atoms with Gasteiger partial charge in [0.15, 0.2) is 11.4 Å². The summed E-state index contributed by atoms with van der Waals surface area (Å²) in [4.78, 5) is 29.2. The first-order valence-electron chi connectivity index (χ1n) is 14.4. The van der Waals surface area contributed by atoms with Gasteiger partial charge in [-0.3, -0.25) is 14.3 Å². The van der Waals surface area contributed by atoms with Crippen LogP contribution in [0.4, 0.5) is 0 Å². The fourth-order valence-electron chi connectivity index (χ4n) is 5.60. The molecule has 1 saturated heterocycles. The number of ether oxygens (including phenoxy) is 1. The van der Waals surface area contributed by atoms with Gasteiger partial charge in [-0.1, -0.05) is 104 Å². The van der Waals surface area contributed by atoms with Crippen LogP contribution < -0.4 is 10.2 Å². The number of carbonyl (C=O) groups excluding carboxylic acids is 1. The van der Waals surface area contributed by atoms with Gasteiger partial charge in [-0.05, 0) is 36.0 Å². The molecule has 1 aromatic heterocycles. The molecule has 4 aromatic rings. The number of nitrogens with zero attached hydrogens (tertiary/aromatic N) is 3. The van der Waals surface area contributed by atoms with Crippen molar-refractivity contribution in [2.45, 2.75) is 57.2 Å². The van der Waals surface area contributed by atoms with Gasteiger partial charge in [0.05, 0.1) is 31.5 Å². The number of aromatic nitrogens is 2. The zero-order valence-corrected chi connectivity index (χ0v) is 23.4. The Morgan fingerprint density at radius 1 is 0.976 bits per heavy atom. The van der Waals surface area contributed by atoms with E-state index in [4.69, 9.17) is 4.74 Å². The van der Waals surface area contributed by atoms with E-state index >= 15 is 0 Å². The fourth-order valence-corrected chi connectivity index (χ4v) is 5.60. The summed E-state index contributed by atoms with van der Waals surface area (Å²) in [7, 11) is 0. The van der Waals surface area contributed by atoms with Crippen LogP contribution in [-0.2, 0) is 6.54 Å². The first kappa shape index (κ1) is 28.3. The van der Waals surface area contributed by atoms with E-state index in [0.717, 1.165) is 36.0 Å². The molecule has 1 amide bonds. The highest BCUT2D eigenvalue weighted by molar-refractivity contribution is 5.93. The zero-order chi connectivity index (χ0) is 28.6. The van der Waals surface area contributed by atoms with Gasteiger partial charge in [-0.15, -0.1) is 0 Å². The Morgan fingerprint density at radius 2 is 1.59 bits per heavy atom. The van der Waals surface area contributed by atoms with Gasteiger partial charge in [-0.2, -0.15) is 5.10 Å². The molecule has 5 rings (SSSR count). The van der Waals surface area contributed by atoms with Crippen molar-refractivity contribution < 1.29 is 14.6 Å². The monoisotopic (exact) mass is 551 g/mol. The highest BCUT2D eigenvalue weighted by Gasteiger charge is 2.40. The van der Waals surface area contributed by atoms with Gasteiger partial charge in [0.1, 0.15) is 0 Å². The largest absolute Gasteiger partial charge is 0.488 e. The number of aliphatic hydroxyl groups excluding tert-OH is 1. The molecule has 7 nitrogen and oxygen atoms in total. The van der Waals surface area contributed by atoms with E-state index in [0.29, 0.717) is 26.1 Å². The third kappa shape index (κ3) is 6.57. The molecule has 0 saturated carbocycles.